The van der Waals surface area contributed by atoms with Crippen LogP contribution >= 0.6 is 0 Å². The molecule has 0 amide bonds. The summed E-state index contributed by atoms with van der Waals surface area (Å²) in [5.41, 5.74) is -0.946. The molecule has 0 N–H and O–H groups in total. The van der Waals surface area contributed by atoms with Gasteiger partial charge in [-0.25, -0.2) is 0 Å². The number of likely N-dealkylation sites (tertiary alicyclic amines) is 1. The Hall–Kier alpha value is -1.08. The lowest BCUT2D eigenvalue weighted by atomic mass is 9.76. The Morgan fingerprint density at radius 2 is 1.93 bits per heavy atom. The minimum absolute atomic E-state index is 0.0418. The average Bonchev–Trinajstić information content (AvgIpc) is 2.11. The van der Waals surface area contributed by atoms with Crippen molar-refractivity contribution in [2.45, 2.75) is 26.4 Å². The Balaban J connectivity index is 2.95. The molecule has 1 saturated heterocycles. The minimum atomic E-state index is -0.946. The maximum atomic E-state index is 11.1. The minimum Gasteiger partial charge on any atom is -0.443 e. The normalized spacial score (nSPS) is 30.6. The highest BCUT2D eigenvalue weighted by Crippen LogP contribution is 2.35. The zero-order valence-electron chi connectivity index (χ0n) is 9.78. The highest BCUT2D eigenvalue weighted by atomic mass is 16.6. The van der Waals surface area contributed by atoms with Crippen molar-refractivity contribution in [2.75, 3.05) is 20.1 Å². The smallest absolute Gasteiger partial charge is 0.304 e. The Labute approximate surface area is 90.8 Å². The molecule has 0 spiro atoms. The molecule has 1 heterocycles. The maximum absolute atomic E-state index is 11.1. The molecule has 1 aliphatic heterocycles. The Morgan fingerprint density at radius 3 is 2.27 bits per heavy atom. The fraction of sp³-hybridized carbons (Fsp3) is 0.818. The first-order valence-electron chi connectivity index (χ1n) is 5.21. The largest absolute Gasteiger partial charge is 0.443 e. The van der Waals surface area contributed by atoms with Gasteiger partial charge >= 0.3 is 5.97 Å². The van der Waals surface area contributed by atoms with Crippen LogP contribution < -0.4 is 0 Å². The number of carbonyl (C=O) groups is 1. The van der Waals surface area contributed by atoms with E-state index < -0.39 is 5.60 Å². The fourth-order valence-corrected chi connectivity index (χ4v) is 2.45. The summed E-state index contributed by atoms with van der Waals surface area (Å²) >= 11 is 0. The van der Waals surface area contributed by atoms with Crippen molar-refractivity contribution < 1.29 is 9.53 Å². The van der Waals surface area contributed by atoms with E-state index >= 15 is 0 Å². The summed E-state index contributed by atoms with van der Waals surface area (Å²) in [6.07, 6.45) is 0. The number of nitriles is 1. The van der Waals surface area contributed by atoms with Gasteiger partial charge in [0.1, 0.15) is 6.07 Å². The summed E-state index contributed by atoms with van der Waals surface area (Å²) in [6, 6.07) is 2.20. The fourth-order valence-electron chi connectivity index (χ4n) is 2.45. The number of rotatable bonds is 1. The van der Waals surface area contributed by atoms with E-state index in [-0.39, 0.29) is 17.8 Å². The van der Waals surface area contributed by atoms with Crippen molar-refractivity contribution in [1.29, 1.82) is 5.26 Å². The molecule has 0 aromatic rings. The standard InChI is InChI=1S/C11H18N2O2/c1-8-5-13(4)6-9(2)11(8,7-12)15-10(3)14/h8-9H,5-6H2,1-4H3/t8-,9-/m0/s1. The Bertz CT molecular complexity index is 283. The molecule has 15 heavy (non-hydrogen) atoms. The third-order valence-electron chi connectivity index (χ3n) is 3.12. The molecule has 1 rings (SSSR count). The molecular formula is C11H18N2O2. The molecule has 0 aromatic heterocycles. The van der Waals surface area contributed by atoms with Crippen LogP contribution in [-0.4, -0.2) is 36.6 Å². The van der Waals surface area contributed by atoms with E-state index in [0.29, 0.717) is 0 Å². The van der Waals surface area contributed by atoms with Gasteiger partial charge in [0.15, 0.2) is 0 Å². The molecular weight excluding hydrogens is 192 g/mol. The summed E-state index contributed by atoms with van der Waals surface area (Å²) in [5.74, 6) is -0.292. The zero-order valence-corrected chi connectivity index (χ0v) is 9.78. The van der Waals surface area contributed by atoms with Crippen molar-refractivity contribution in [1.82, 2.24) is 4.90 Å². The van der Waals surface area contributed by atoms with Gasteiger partial charge in [-0.05, 0) is 7.05 Å². The van der Waals surface area contributed by atoms with Gasteiger partial charge in [0.05, 0.1) is 0 Å². The van der Waals surface area contributed by atoms with Crippen molar-refractivity contribution >= 4 is 5.97 Å². The van der Waals surface area contributed by atoms with Crippen LogP contribution in [0.25, 0.3) is 0 Å². The molecule has 1 fully saturated rings. The van der Waals surface area contributed by atoms with Crippen LogP contribution in [0, 0.1) is 23.2 Å². The summed E-state index contributed by atoms with van der Waals surface area (Å²) in [7, 11) is 2.02. The van der Waals surface area contributed by atoms with Gasteiger partial charge in [-0.2, -0.15) is 5.26 Å². The third-order valence-corrected chi connectivity index (χ3v) is 3.12. The maximum Gasteiger partial charge on any atom is 0.304 e. The van der Waals surface area contributed by atoms with Gasteiger partial charge in [-0.15, -0.1) is 0 Å². The average molecular weight is 210 g/mol. The molecule has 4 nitrogen and oxygen atoms in total. The summed E-state index contributed by atoms with van der Waals surface area (Å²) < 4.78 is 5.27. The molecule has 2 atom stereocenters. The Kier molecular flexibility index (Phi) is 3.35. The Morgan fingerprint density at radius 1 is 1.47 bits per heavy atom. The van der Waals surface area contributed by atoms with Crippen LogP contribution in [0.5, 0.6) is 0 Å². The topological polar surface area (TPSA) is 53.3 Å². The number of nitrogens with zero attached hydrogens (tertiary/aromatic N) is 2. The lowest BCUT2D eigenvalue weighted by Crippen LogP contribution is -2.56. The van der Waals surface area contributed by atoms with Crippen molar-refractivity contribution in [3.63, 3.8) is 0 Å². The number of hydrogen-bond acceptors (Lipinski definition) is 4. The van der Waals surface area contributed by atoms with Crippen molar-refractivity contribution in [2.24, 2.45) is 11.8 Å². The highest BCUT2D eigenvalue weighted by molar-refractivity contribution is 5.67. The van der Waals surface area contributed by atoms with Crippen LogP contribution in [0.15, 0.2) is 0 Å². The van der Waals surface area contributed by atoms with Crippen LogP contribution in [0.3, 0.4) is 0 Å². The monoisotopic (exact) mass is 210 g/mol. The number of piperidine rings is 1. The SMILES string of the molecule is CC(=O)OC1(C#N)[C@@H](C)CN(C)C[C@@H]1C. The highest BCUT2D eigenvalue weighted by Gasteiger charge is 2.48. The van der Waals surface area contributed by atoms with E-state index in [1.165, 1.54) is 6.92 Å². The van der Waals surface area contributed by atoms with Gasteiger partial charge in [0, 0.05) is 31.8 Å². The zero-order chi connectivity index (χ0) is 11.6. The van der Waals surface area contributed by atoms with Gasteiger partial charge in [0.25, 0.3) is 0 Å². The van der Waals surface area contributed by atoms with Gasteiger partial charge in [-0.3, -0.25) is 4.79 Å². The van der Waals surface area contributed by atoms with E-state index in [1.54, 1.807) is 0 Å². The van der Waals surface area contributed by atoms with Crippen LogP contribution in [0.2, 0.25) is 0 Å². The second kappa shape index (κ2) is 4.19. The van der Waals surface area contributed by atoms with Gasteiger partial charge in [-0.1, -0.05) is 13.8 Å². The predicted molar refractivity (Wildman–Crippen MR) is 55.9 cm³/mol. The lowest BCUT2D eigenvalue weighted by Gasteiger charge is -2.44. The summed E-state index contributed by atoms with van der Waals surface area (Å²) in [5, 5.41) is 9.27. The van der Waals surface area contributed by atoms with Crippen molar-refractivity contribution in [3.05, 3.63) is 0 Å². The van der Waals surface area contributed by atoms with Crippen LogP contribution in [0.1, 0.15) is 20.8 Å². The molecule has 0 radical (unpaired) electrons. The quantitative estimate of drug-likeness (QED) is 0.606. The first-order chi connectivity index (χ1) is 6.92. The molecule has 0 bridgehead atoms. The van der Waals surface area contributed by atoms with E-state index in [9.17, 15) is 10.1 Å². The number of ether oxygens (including phenoxy) is 1. The molecule has 1 aliphatic rings. The summed E-state index contributed by atoms with van der Waals surface area (Å²) in [6.45, 7) is 6.84. The number of carbonyl (C=O) groups excluding carboxylic acids is 1. The third kappa shape index (κ3) is 2.13. The van der Waals surface area contributed by atoms with Crippen LogP contribution in [0.4, 0.5) is 0 Å². The van der Waals surface area contributed by atoms with E-state index in [1.807, 2.05) is 20.9 Å². The van der Waals surface area contributed by atoms with Crippen LogP contribution in [-0.2, 0) is 9.53 Å². The second-order valence-corrected chi connectivity index (χ2v) is 4.52. The second-order valence-electron chi connectivity index (χ2n) is 4.52. The number of esters is 1. The lowest BCUT2D eigenvalue weighted by molar-refractivity contribution is -0.167. The first kappa shape index (κ1) is 12.0. The molecule has 0 aromatic carbocycles. The summed E-state index contributed by atoms with van der Waals surface area (Å²) in [4.78, 5) is 13.2. The molecule has 4 heteroatoms. The number of hydrogen-bond donors (Lipinski definition) is 0. The molecule has 0 unspecified atom stereocenters. The van der Waals surface area contributed by atoms with E-state index in [0.717, 1.165) is 13.1 Å². The molecule has 0 saturated carbocycles. The van der Waals surface area contributed by atoms with E-state index in [2.05, 4.69) is 11.0 Å². The van der Waals surface area contributed by atoms with Gasteiger partial charge < -0.3 is 9.64 Å². The molecule has 0 aliphatic carbocycles. The molecule has 84 valence electrons. The first-order valence-corrected chi connectivity index (χ1v) is 5.21. The van der Waals surface area contributed by atoms with Gasteiger partial charge in [0.2, 0.25) is 5.60 Å². The predicted octanol–water partition coefficient (Wildman–Crippen LogP) is 1.03. The van der Waals surface area contributed by atoms with E-state index in [4.69, 9.17) is 4.74 Å². The van der Waals surface area contributed by atoms with Crippen molar-refractivity contribution in [3.8, 4) is 6.07 Å².